The van der Waals surface area contributed by atoms with Crippen LogP contribution in [0.4, 0.5) is 5.95 Å². The van der Waals surface area contributed by atoms with Crippen molar-refractivity contribution in [1.82, 2.24) is 24.0 Å². The van der Waals surface area contributed by atoms with Crippen molar-refractivity contribution in [2.75, 3.05) is 18.4 Å². The molecule has 2 fully saturated rings. The van der Waals surface area contributed by atoms with Crippen LogP contribution in [-0.4, -0.2) is 49.0 Å². The fourth-order valence-corrected chi connectivity index (χ4v) is 5.21. The van der Waals surface area contributed by atoms with E-state index in [1.165, 1.54) is 5.56 Å². The molecule has 1 aliphatic carbocycles. The van der Waals surface area contributed by atoms with Gasteiger partial charge in [0.15, 0.2) is 5.65 Å². The molecule has 174 valence electrons. The van der Waals surface area contributed by atoms with Gasteiger partial charge in [0.05, 0.1) is 6.20 Å². The minimum atomic E-state index is -0.00864. The molecule has 2 aromatic heterocycles. The number of hydrogen-bond donors (Lipinski definition) is 1. The summed E-state index contributed by atoms with van der Waals surface area (Å²) in [6.07, 6.45) is 9.19. The standard InChI is InChI=1S/C25H32N6O2/c1-29-21-17-26-24(28-23(21)31(25(29)33)20-9-5-6-10-20)27-19-13-15-30(16-14-19)22(32)12-11-18-7-3-2-4-8-18/h2-4,7-8,17,19-20H,5-6,9-16H2,1H3,(H,26,27,28). The third kappa shape index (κ3) is 4.51. The van der Waals surface area contributed by atoms with E-state index in [1.807, 2.05) is 27.7 Å². The van der Waals surface area contributed by atoms with Gasteiger partial charge in [0.25, 0.3) is 0 Å². The molecule has 0 unspecified atom stereocenters. The van der Waals surface area contributed by atoms with Crippen molar-refractivity contribution in [1.29, 1.82) is 0 Å². The molecule has 0 spiro atoms. The number of anilines is 1. The second kappa shape index (κ2) is 9.37. The summed E-state index contributed by atoms with van der Waals surface area (Å²) in [5.74, 6) is 0.786. The Hall–Kier alpha value is -3.16. The largest absolute Gasteiger partial charge is 0.351 e. The van der Waals surface area contributed by atoms with Crippen molar-refractivity contribution in [3.63, 3.8) is 0 Å². The van der Waals surface area contributed by atoms with Gasteiger partial charge < -0.3 is 10.2 Å². The van der Waals surface area contributed by atoms with Crippen molar-refractivity contribution < 1.29 is 4.79 Å². The number of nitrogens with one attached hydrogen (secondary N) is 1. The highest BCUT2D eigenvalue weighted by molar-refractivity contribution is 5.76. The molecule has 8 heteroatoms. The Bertz CT molecular complexity index is 1170. The Morgan fingerprint density at radius 3 is 2.55 bits per heavy atom. The molecule has 1 saturated carbocycles. The summed E-state index contributed by atoms with van der Waals surface area (Å²) in [5, 5.41) is 3.45. The zero-order valence-electron chi connectivity index (χ0n) is 19.2. The van der Waals surface area contributed by atoms with Crippen molar-refractivity contribution in [3.05, 3.63) is 52.6 Å². The minimum absolute atomic E-state index is 0.00864. The molecule has 3 heterocycles. The molecule has 5 rings (SSSR count). The molecule has 0 atom stereocenters. The van der Waals surface area contributed by atoms with Crippen LogP contribution >= 0.6 is 0 Å². The zero-order valence-corrected chi connectivity index (χ0v) is 19.2. The molecular weight excluding hydrogens is 416 g/mol. The van der Waals surface area contributed by atoms with Crippen LogP contribution in [0.3, 0.4) is 0 Å². The summed E-state index contributed by atoms with van der Waals surface area (Å²) >= 11 is 0. The maximum Gasteiger partial charge on any atom is 0.330 e. The molecule has 1 aliphatic heterocycles. The number of imidazole rings is 1. The number of benzene rings is 1. The second-order valence-electron chi connectivity index (χ2n) is 9.34. The van der Waals surface area contributed by atoms with Crippen molar-refractivity contribution in [3.8, 4) is 0 Å². The molecule has 3 aromatic rings. The highest BCUT2D eigenvalue weighted by atomic mass is 16.2. The molecular formula is C25H32N6O2. The number of likely N-dealkylation sites (tertiary alicyclic amines) is 1. The summed E-state index contributed by atoms with van der Waals surface area (Å²) in [6.45, 7) is 1.48. The van der Waals surface area contributed by atoms with Gasteiger partial charge in [-0.3, -0.25) is 13.9 Å². The van der Waals surface area contributed by atoms with E-state index in [1.54, 1.807) is 17.8 Å². The van der Waals surface area contributed by atoms with Crippen LogP contribution in [0.1, 0.15) is 56.6 Å². The molecule has 1 aromatic carbocycles. The van der Waals surface area contributed by atoms with Crippen LogP contribution in [0.15, 0.2) is 41.3 Å². The molecule has 1 amide bonds. The van der Waals surface area contributed by atoms with Crippen LogP contribution in [0.5, 0.6) is 0 Å². The first kappa shape index (κ1) is 21.7. The maximum absolute atomic E-state index is 12.8. The lowest BCUT2D eigenvalue weighted by atomic mass is 10.0. The first-order valence-electron chi connectivity index (χ1n) is 12.1. The number of nitrogens with zero attached hydrogens (tertiary/aromatic N) is 5. The van der Waals surface area contributed by atoms with Crippen LogP contribution in [-0.2, 0) is 18.3 Å². The topological polar surface area (TPSA) is 85.0 Å². The number of hydrogen-bond acceptors (Lipinski definition) is 5. The molecule has 8 nitrogen and oxygen atoms in total. The normalized spacial score (nSPS) is 17.7. The van der Waals surface area contributed by atoms with Crippen molar-refractivity contribution >= 4 is 23.0 Å². The van der Waals surface area contributed by atoms with Gasteiger partial charge in [0.1, 0.15) is 5.52 Å². The van der Waals surface area contributed by atoms with E-state index in [0.717, 1.165) is 69.2 Å². The van der Waals surface area contributed by atoms with Gasteiger partial charge in [0, 0.05) is 38.6 Å². The van der Waals surface area contributed by atoms with Gasteiger partial charge in [-0.25, -0.2) is 9.78 Å². The van der Waals surface area contributed by atoms with E-state index in [-0.39, 0.29) is 23.7 Å². The smallest absolute Gasteiger partial charge is 0.330 e. The predicted octanol–water partition coefficient (Wildman–Crippen LogP) is 3.28. The van der Waals surface area contributed by atoms with Crippen LogP contribution in [0, 0.1) is 0 Å². The first-order chi connectivity index (χ1) is 16.1. The number of carbonyl (C=O) groups is 1. The quantitative estimate of drug-likeness (QED) is 0.626. The van der Waals surface area contributed by atoms with E-state index in [9.17, 15) is 9.59 Å². The van der Waals surface area contributed by atoms with Gasteiger partial charge >= 0.3 is 5.69 Å². The van der Waals surface area contributed by atoms with E-state index in [2.05, 4.69) is 22.4 Å². The maximum atomic E-state index is 12.8. The number of carbonyl (C=O) groups excluding carboxylic acids is 1. The van der Waals surface area contributed by atoms with E-state index in [4.69, 9.17) is 4.98 Å². The second-order valence-corrected chi connectivity index (χ2v) is 9.34. The molecule has 0 bridgehead atoms. The van der Waals surface area contributed by atoms with Crippen LogP contribution < -0.4 is 11.0 Å². The summed E-state index contributed by atoms with van der Waals surface area (Å²) in [6, 6.07) is 10.6. The van der Waals surface area contributed by atoms with Gasteiger partial charge in [-0.2, -0.15) is 4.98 Å². The molecule has 2 aliphatic rings. The number of fused-ring (bicyclic) bond motifs is 1. The average Bonchev–Trinajstić information content (AvgIpc) is 3.45. The SMILES string of the molecule is Cn1c(=O)n(C2CCCC2)c2nc(NC3CCN(C(=O)CCc4ccccc4)CC3)ncc21. The first-order valence-corrected chi connectivity index (χ1v) is 12.1. The number of aromatic nitrogens is 4. The number of aryl methyl sites for hydroxylation is 2. The predicted molar refractivity (Wildman–Crippen MR) is 128 cm³/mol. The number of amides is 1. The Balaban J connectivity index is 1.21. The number of rotatable bonds is 6. The lowest BCUT2D eigenvalue weighted by Crippen LogP contribution is -2.42. The fraction of sp³-hybridized carbons (Fsp3) is 0.520. The molecule has 0 radical (unpaired) electrons. The van der Waals surface area contributed by atoms with Gasteiger partial charge in [-0.1, -0.05) is 43.2 Å². The summed E-state index contributed by atoms with van der Waals surface area (Å²) in [7, 11) is 1.79. The van der Waals surface area contributed by atoms with Crippen molar-refractivity contribution in [2.45, 2.75) is 63.5 Å². The zero-order chi connectivity index (χ0) is 22.8. The third-order valence-corrected chi connectivity index (χ3v) is 7.17. The number of piperidine rings is 1. The molecule has 1 saturated heterocycles. The lowest BCUT2D eigenvalue weighted by molar-refractivity contribution is -0.132. The Labute approximate surface area is 193 Å². The third-order valence-electron chi connectivity index (χ3n) is 7.17. The van der Waals surface area contributed by atoms with E-state index in [0.29, 0.717) is 12.4 Å². The highest BCUT2D eigenvalue weighted by Gasteiger charge is 2.26. The summed E-state index contributed by atoms with van der Waals surface area (Å²) in [5.41, 5.74) is 2.69. The molecule has 33 heavy (non-hydrogen) atoms. The van der Waals surface area contributed by atoms with Gasteiger partial charge in [-0.05, 0) is 37.7 Å². The Kier molecular flexibility index (Phi) is 6.15. The lowest BCUT2D eigenvalue weighted by Gasteiger charge is -2.32. The summed E-state index contributed by atoms with van der Waals surface area (Å²) < 4.78 is 3.51. The summed E-state index contributed by atoms with van der Waals surface area (Å²) in [4.78, 5) is 36.7. The van der Waals surface area contributed by atoms with Gasteiger partial charge in [0.2, 0.25) is 11.9 Å². The van der Waals surface area contributed by atoms with Gasteiger partial charge in [-0.15, -0.1) is 0 Å². The highest BCUT2D eigenvalue weighted by Crippen LogP contribution is 2.30. The Morgan fingerprint density at radius 2 is 1.82 bits per heavy atom. The van der Waals surface area contributed by atoms with E-state index < -0.39 is 0 Å². The van der Waals surface area contributed by atoms with E-state index >= 15 is 0 Å². The Morgan fingerprint density at radius 1 is 1.09 bits per heavy atom. The fourth-order valence-electron chi connectivity index (χ4n) is 5.21. The monoisotopic (exact) mass is 448 g/mol. The van der Waals surface area contributed by atoms with Crippen molar-refractivity contribution in [2.24, 2.45) is 7.05 Å². The van der Waals surface area contributed by atoms with Crippen LogP contribution in [0.2, 0.25) is 0 Å². The van der Waals surface area contributed by atoms with Crippen LogP contribution in [0.25, 0.3) is 11.2 Å². The average molecular weight is 449 g/mol. The minimum Gasteiger partial charge on any atom is -0.351 e. The molecule has 1 N–H and O–H groups in total.